The van der Waals surface area contributed by atoms with Gasteiger partial charge in [0.2, 0.25) is 0 Å². The summed E-state index contributed by atoms with van der Waals surface area (Å²) < 4.78 is 0. The molecule has 1 aromatic heterocycles. The van der Waals surface area contributed by atoms with E-state index in [4.69, 9.17) is 0 Å². The highest BCUT2D eigenvalue weighted by Gasteiger charge is 2.16. The van der Waals surface area contributed by atoms with Crippen molar-refractivity contribution in [2.75, 3.05) is 25.0 Å². The van der Waals surface area contributed by atoms with Gasteiger partial charge in [-0.05, 0) is 37.9 Å². The van der Waals surface area contributed by atoms with Crippen LogP contribution in [0.5, 0.6) is 0 Å². The zero-order chi connectivity index (χ0) is 10.7. The smallest absolute Gasteiger partial charge is 0.128 e. The van der Waals surface area contributed by atoms with Gasteiger partial charge in [-0.2, -0.15) is 0 Å². The van der Waals surface area contributed by atoms with Gasteiger partial charge in [-0.25, -0.2) is 4.98 Å². The van der Waals surface area contributed by atoms with Crippen LogP contribution >= 0.6 is 0 Å². The maximum absolute atomic E-state index is 4.48. The number of pyridine rings is 1. The molecular formula is C12H19N3. The first-order valence-electron chi connectivity index (χ1n) is 5.71. The molecule has 0 radical (unpaired) electrons. The summed E-state index contributed by atoms with van der Waals surface area (Å²) >= 11 is 0. The maximum atomic E-state index is 4.48. The molecule has 15 heavy (non-hydrogen) atoms. The van der Waals surface area contributed by atoms with Crippen LogP contribution in [0.4, 0.5) is 5.82 Å². The van der Waals surface area contributed by atoms with E-state index in [1.807, 2.05) is 6.20 Å². The summed E-state index contributed by atoms with van der Waals surface area (Å²) in [6, 6.07) is 4.83. The SMILES string of the molecule is CCN(C)c1ccc(C2CCCN2)cn1. The Kier molecular flexibility index (Phi) is 3.21. The normalized spacial score (nSPS) is 20.5. The van der Waals surface area contributed by atoms with E-state index in [0.29, 0.717) is 6.04 Å². The minimum absolute atomic E-state index is 0.526. The van der Waals surface area contributed by atoms with Gasteiger partial charge in [0.25, 0.3) is 0 Å². The van der Waals surface area contributed by atoms with Gasteiger partial charge in [-0.3, -0.25) is 0 Å². The Morgan fingerprint density at radius 1 is 1.53 bits per heavy atom. The van der Waals surface area contributed by atoms with Gasteiger partial charge in [-0.15, -0.1) is 0 Å². The molecule has 0 amide bonds. The molecular weight excluding hydrogens is 186 g/mol. The van der Waals surface area contributed by atoms with Crippen LogP contribution in [0.2, 0.25) is 0 Å². The summed E-state index contributed by atoms with van der Waals surface area (Å²) in [4.78, 5) is 6.62. The van der Waals surface area contributed by atoms with Crippen LogP contribution in [0, 0.1) is 0 Å². The standard InChI is InChI=1S/C12H19N3/c1-3-15(2)12-7-6-10(9-14-12)11-5-4-8-13-11/h6-7,9,11,13H,3-5,8H2,1-2H3. The monoisotopic (exact) mass is 205 g/mol. The molecule has 3 nitrogen and oxygen atoms in total. The number of rotatable bonds is 3. The summed E-state index contributed by atoms with van der Waals surface area (Å²) in [5.74, 6) is 1.05. The molecule has 1 unspecified atom stereocenters. The van der Waals surface area contributed by atoms with Crippen molar-refractivity contribution in [3.05, 3.63) is 23.9 Å². The Balaban J connectivity index is 2.09. The number of aromatic nitrogens is 1. The molecule has 2 heterocycles. The molecule has 1 aliphatic rings. The van der Waals surface area contributed by atoms with Crippen LogP contribution in [0.15, 0.2) is 18.3 Å². The minimum Gasteiger partial charge on any atom is -0.360 e. The highest BCUT2D eigenvalue weighted by Crippen LogP contribution is 2.23. The van der Waals surface area contributed by atoms with Crippen LogP contribution in [0.3, 0.4) is 0 Å². The fourth-order valence-corrected chi connectivity index (χ4v) is 1.96. The summed E-state index contributed by atoms with van der Waals surface area (Å²) in [7, 11) is 2.07. The fraction of sp³-hybridized carbons (Fsp3) is 0.583. The number of anilines is 1. The Hall–Kier alpha value is -1.09. The average Bonchev–Trinajstić information content (AvgIpc) is 2.82. The van der Waals surface area contributed by atoms with E-state index in [1.54, 1.807) is 0 Å². The zero-order valence-electron chi connectivity index (χ0n) is 9.53. The Labute approximate surface area is 91.5 Å². The van der Waals surface area contributed by atoms with Crippen molar-refractivity contribution >= 4 is 5.82 Å². The number of hydrogen-bond acceptors (Lipinski definition) is 3. The average molecular weight is 205 g/mol. The molecule has 1 saturated heterocycles. The lowest BCUT2D eigenvalue weighted by atomic mass is 10.1. The van der Waals surface area contributed by atoms with Gasteiger partial charge in [0.05, 0.1) is 0 Å². The molecule has 1 N–H and O–H groups in total. The van der Waals surface area contributed by atoms with Gasteiger partial charge >= 0.3 is 0 Å². The molecule has 1 aliphatic heterocycles. The van der Waals surface area contributed by atoms with Crippen molar-refractivity contribution in [3.63, 3.8) is 0 Å². The first kappa shape index (κ1) is 10.4. The fourth-order valence-electron chi connectivity index (χ4n) is 1.96. The van der Waals surface area contributed by atoms with E-state index in [9.17, 15) is 0 Å². The summed E-state index contributed by atoms with van der Waals surface area (Å²) in [6.07, 6.45) is 4.52. The zero-order valence-corrected chi connectivity index (χ0v) is 9.53. The quantitative estimate of drug-likeness (QED) is 0.817. The van der Waals surface area contributed by atoms with Crippen molar-refractivity contribution in [1.82, 2.24) is 10.3 Å². The van der Waals surface area contributed by atoms with E-state index in [-0.39, 0.29) is 0 Å². The molecule has 0 saturated carbocycles. The third kappa shape index (κ3) is 2.29. The lowest BCUT2D eigenvalue weighted by Crippen LogP contribution is -2.18. The number of nitrogens with one attached hydrogen (secondary N) is 1. The number of nitrogens with zero attached hydrogens (tertiary/aromatic N) is 2. The van der Waals surface area contributed by atoms with E-state index in [1.165, 1.54) is 18.4 Å². The first-order valence-corrected chi connectivity index (χ1v) is 5.71. The molecule has 3 heteroatoms. The van der Waals surface area contributed by atoms with Crippen LogP contribution in [0.25, 0.3) is 0 Å². The van der Waals surface area contributed by atoms with Crippen molar-refractivity contribution < 1.29 is 0 Å². The molecule has 82 valence electrons. The second-order valence-corrected chi connectivity index (χ2v) is 4.11. The van der Waals surface area contributed by atoms with Gasteiger partial charge in [0.1, 0.15) is 5.82 Å². The molecule has 0 bridgehead atoms. The van der Waals surface area contributed by atoms with Crippen molar-refractivity contribution in [3.8, 4) is 0 Å². The molecule has 1 atom stereocenters. The third-order valence-electron chi connectivity index (χ3n) is 3.10. The molecule has 1 fully saturated rings. The molecule has 2 rings (SSSR count). The van der Waals surface area contributed by atoms with E-state index in [2.05, 4.69) is 41.3 Å². The van der Waals surface area contributed by atoms with E-state index >= 15 is 0 Å². The van der Waals surface area contributed by atoms with Crippen LogP contribution < -0.4 is 10.2 Å². The Bertz CT molecular complexity index is 301. The molecule has 0 aromatic carbocycles. The molecule has 1 aromatic rings. The van der Waals surface area contributed by atoms with Crippen molar-refractivity contribution in [2.24, 2.45) is 0 Å². The van der Waals surface area contributed by atoms with Crippen molar-refractivity contribution in [2.45, 2.75) is 25.8 Å². The first-order chi connectivity index (χ1) is 7.31. The predicted octanol–water partition coefficient (Wildman–Crippen LogP) is 1.96. The van der Waals surface area contributed by atoms with Crippen LogP contribution in [0.1, 0.15) is 31.4 Å². The highest BCUT2D eigenvalue weighted by atomic mass is 15.1. The van der Waals surface area contributed by atoms with Gasteiger partial charge < -0.3 is 10.2 Å². The summed E-state index contributed by atoms with van der Waals surface area (Å²) in [5.41, 5.74) is 1.32. The van der Waals surface area contributed by atoms with Crippen LogP contribution in [-0.4, -0.2) is 25.1 Å². The highest BCUT2D eigenvalue weighted by molar-refractivity contribution is 5.38. The molecule has 0 aliphatic carbocycles. The van der Waals surface area contributed by atoms with Gasteiger partial charge in [0.15, 0.2) is 0 Å². The predicted molar refractivity (Wildman–Crippen MR) is 63.2 cm³/mol. The lowest BCUT2D eigenvalue weighted by Gasteiger charge is -2.16. The van der Waals surface area contributed by atoms with Gasteiger partial charge in [0, 0.05) is 25.8 Å². The number of hydrogen-bond donors (Lipinski definition) is 1. The topological polar surface area (TPSA) is 28.2 Å². The lowest BCUT2D eigenvalue weighted by molar-refractivity contribution is 0.645. The molecule has 0 spiro atoms. The summed E-state index contributed by atoms with van der Waals surface area (Å²) in [6.45, 7) is 4.27. The second kappa shape index (κ2) is 4.62. The largest absolute Gasteiger partial charge is 0.360 e. The third-order valence-corrected chi connectivity index (χ3v) is 3.10. The Morgan fingerprint density at radius 3 is 2.93 bits per heavy atom. The second-order valence-electron chi connectivity index (χ2n) is 4.11. The Morgan fingerprint density at radius 2 is 2.40 bits per heavy atom. The maximum Gasteiger partial charge on any atom is 0.128 e. The van der Waals surface area contributed by atoms with E-state index < -0.39 is 0 Å². The van der Waals surface area contributed by atoms with Crippen molar-refractivity contribution in [1.29, 1.82) is 0 Å². The summed E-state index contributed by atoms with van der Waals surface area (Å²) in [5, 5.41) is 3.48. The van der Waals surface area contributed by atoms with Crippen LogP contribution in [-0.2, 0) is 0 Å². The van der Waals surface area contributed by atoms with Gasteiger partial charge in [-0.1, -0.05) is 6.07 Å². The van der Waals surface area contributed by atoms with E-state index in [0.717, 1.165) is 18.9 Å². The minimum atomic E-state index is 0.526.